The maximum absolute atomic E-state index is 11.8. The average Bonchev–Trinajstić information content (AvgIpc) is 2.62. The lowest BCUT2D eigenvalue weighted by Gasteiger charge is -2.28. The van der Waals surface area contributed by atoms with E-state index in [9.17, 15) is 4.79 Å². The van der Waals surface area contributed by atoms with Crippen LogP contribution < -0.4 is 29.3 Å². The lowest BCUT2D eigenvalue weighted by molar-refractivity contribution is -0.890. The van der Waals surface area contributed by atoms with Gasteiger partial charge in [-0.3, -0.25) is 4.79 Å². The second-order valence-electron chi connectivity index (χ2n) is 8.80. The Kier molecular flexibility index (Phi) is 23.6. The lowest BCUT2D eigenvalue weighted by atomic mass is 10.0. The molecule has 0 fully saturated rings. The predicted octanol–water partition coefficient (Wildman–Crippen LogP) is 2.05. The molecule has 0 rings (SSSR count). The van der Waals surface area contributed by atoms with Gasteiger partial charge >= 0.3 is 0 Å². The Hall–Kier alpha value is 0.120. The number of amides is 1. The molecule has 0 aromatic rings. The van der Waals surface area contributed by atoms with Crippen molar-refractivity contribution in [2.24, 2.45) is 0 Å². The zero-order valence-electron chi connectivity index (χ0n) is 19.1. The fraction of sp³-hybridized carbons (Fsp3) is 0.957. The highest BCUT2D eigenvalue weighted by atomic mass is 127. The third-order valence-electron chi connectivity index (χ3n) is 5.48. The van der Waals surface area contributed by atoms with E-state index in [2.05, 4.69) is 26.3 Å². The van der Waals surface area contributed by atoms with Gasteiger partial charge in [0, 0.05) is 19.4 Å². The summed E-state index contributed by atoms with van der Waals surface area (Å²) in [6.45, 7) is 5.00. The number of nitrogens with zero attached hydrogens (tertiary/aromatic N) is 1. The summed E-state index contributed by atoms with van der Waals surface area (Å²) in [4.78, 5) is 11.8. The number of unbranched alkanes of at least 4 members (excludes halogenated alkanes) is 12. The zero-order chi connectivity index (χ0) is 20.2. The van der Waals surface area contributed by atoms with Crippen LogP contribution in [0.5, 0.6) is 0 Å². The minimum absolute atomic E-state index is 0. The van der Waals surface area contributed by atoms with Crippen molar-refractivity contribution in [2.45, 2.75) is 103 Å². The van der Waals surface area contributed by atoms with Gasteiger partial charge in [-0.2, -0.15) is 0 Å². The summed E-state index contributed by atoms with van der Waals surface area (Å²) in [5.74, 6) is 0.200. The van der Waals surface area contributed by atoms with Gasteiger partial charge in [0.05, 0.1) is 27.2 Å². The second kappa shape index (κ2) is 21.8. The van der Waals surface area contributed by atoms with Crippen LogP contribution in [0.25, 0.3) is 0 Å². The van der Waals surface area contributed by atoms with Crippen molar-refractivity contribution in [2.75, 3.05) is 40.3 Å². The average molecular weight is 513 g/mol. The molecule has 4 nitrogen and oxygen atoms in total. The highest BCUT2D eigenvalue weighted by Gasteiger charge is 2.13. The molecule has 0 saturated carbocycles. The molecule has 1 amide bonds. The third kappa shape index (κ3) is 22.4. The smallest absolute Gasteiger partial charge is 0.219 e. The van der Waals surface area contributed by atoms with E-state index in [1.165, 1.54) is 77.0 Å². The molecule has 0 unspecified atom stereocenters. The number of quaternary nitrogens is 1. The molecule has 0 radical (unpaired) electrons. The molecule has 0 aromatic carbocycles. The van der Waals surface area contributed by atoms with Crippen LogP contribution in [0.3, 0.4) is 0 Å². The van der Waals surface area contributed by atoms with Crippen molar-refractivity contribution < 1.29 is 38.4 Å². The van der Waals surface area contributed by atoms with Crippen molar-refractivity contribution in [3.05, 3.63) is 0 Å². The first kappa shape index (κ1) is 30.3. The van der Waals surface area contributed by atoms with Crippen molar-refractivity contribution in [1.29, 1.82) is 0 Å². The number of hydrogen-bond acceptors (Lipinski definition) is 2. The zero-order valence-corrected chi connectivity index (χ0v) is 21.3. The number of carbonyl (C=O) groups excluding carboxylic acids is 1. The molecule has 0 saturated heterocycles. The summed E-state index contributed by atoms with van der Waals surface area (Å²) in [5.41, 5.74) is 0. The monoisotopic (exact) mass is 512 g/mol. The maximum Gasteiger partial charge on any atom is 0.219 e. The lowest BCUT2D eigenvalue weighted by Crippen LogP contribution is -3.00. The Morgan fingerprint density at radius 1 is 0.750 bits per heavy atom. The van der Waals surface area contributed by atoms with Crippen LogP contribution in [0, 0.1) is 0 Å². The summed E-state index contributed by atoms with van der Waals surface area (Å²) in [6.07, 6.45) is 19.0. The number of carbonyl (C=O) groups is 1. The first-order valence-electron chi connectivity index (χ1n) is 11.7. The third-order valence-corrected chi connectivity index (χ3v) is 5.48. The van der Waals surface area contributed by atoms with E-state index in [1.54, 1.807) is 0 Å². The molecule has 5 heteroatoms. The second-order valence-corrected chi connectivity index (χ2v) is 8.80. The van der Waals surface area contributed by atoms with Gasteiger partial charge in [-0.15, -0.1) is 0 Å². The van der Waals surface area contributed by atoms with E-state index in [-0.39, 0.29) is 36.5 Å². The number of aliphatic hydroxyl groups is 1. The number of nitrogens with one attached hydrogen (secondary N) is 1. The van der Waals surface area contributed by atoms with Crippen LogP contribution >= 0.6 is 0 Å². The van der Waals surface area contributed by atoms with Crippen LogP contribution in [0.1, 0.15) is 103 Å². The Labute approximate surface area is 192 Å². The van der Waals surface area contributed by atoms with Crippen molar-refractivity contribution in [3.8, 4) is 0 Å². The molecule has 0 aliphatic rings. The van der Waals surface area contributed by atoms with E-state index < -0.39 is 0 Å². The molecular formula is C23H49IN2O2. The van der Waals surface area contributed by atoms with Gasteiger partial charge in [0.25, 0.3) is 0 Å². The quantitative estimate of drug-likeness (QED) is 0.149. The molecular weight excluding hydrogens is 463 g/mol. The topological polar surface area (TPSA) is 49.3 Å². The van der Waals surface area contributed by atoms with Crippen LogP contribution in [0.15, 0.2) is 0 Å². The maximum atomic E-state index is 11.8. The van der Waals surface area contributed by atoms with Gasteiger partial charge in [-0.25, -0.2) is 0 Å². The van der Waals surface area contributed by atoms with Gasteiger partial charge in [-0.1, -0.05) is 84.0 Å². The van der Waals surface area contributed by atoms with Gasteiger partial charge < -0.3 is 38.9 Å². The van der Waals surface area contributed by atoms with Crippen molar-refractivity contribution in [3.63, 3.8) is 0 Å². The molecule has 0 aliphatic heterocycles. The van der Waals surface area contributed by atoms with E-state index in [1.807, 2.05) is 0 Å². The van der Waals surface area contributed by atoms with E-state index >= 15 is 0 Å². The van der Waals surface area contributed by atoms with Crippen LogP contribution in [0.4, 0.5) is 0 Å². The molecule has 0 atom stereocenters. The number of rotatable bonds is 20. The predicted molar refractivity (Wildman–Crippen MR) is 117 cm³/mol. The molecule has 0 spiro atoms. The molecule has 0 heterocycles. The summed E-state index contributed by atoms with van der Waals surface area (Å²) in [6, 6.07) is 0. The Morgan fingerprint density at radius 2 is 1.21 bits per heavy atom. The molecule has 28 heavy (non-hydrogen) atoms. The first-order valence-corrected chi connectivity index (χ1v) is 11.7. The Bertz CT molecular complexity index is 339. The van der Waals surface area contributed by atoms with Crippen LogP contribution in [0.2, 0.25) is 0 Å². The van der Waals surface area contributed by atoms with Gasteiger partial charge in [-0.05, 0) is 6.42 Å². The standard InChI is InChI=1S/C23H48N2O2.HI/c1-4-5-6-7-8-9-10-11-12-13-14-15-16-18-23(27)24-19-17-20-25(2,3)21-22-26;/h26H,4-22H2,1-3H3;1H. The normalized spacial score (nSPS) is 11.3. The minimum Gasteiger partial charge on any atom is -1.00 e. The Balaban J connectivity index is 0. The van der Waals surface area contributed by atoms with Crippen molar-refractivity contribution in [1.82, 2.24) is 5.32 Å². The largest absolute Gasteiger partial charge is 1.00 e. The fourth-order valence-electron chi connectivity index (χ4n) is 3.51. The summed E-state index contributed by atoms with van der Waals surface area (Å²) >= 11 is 0. The molecule has 170 valence electrons. The highest BCUT2D eigenvalue weighted by molar-refractivity contribution is 5.75. The SMILES string of the molecule is CCCCCCCCCCCCCCCC(=O)NCCC[N+](C)(C)CCO.[I-]. The summed E-state index contributed by atoms with van der Waals surface area (Å²) in [5, 5.41) is 12.0. The number of hydrogen-bond donors (Lipinski definition) is 2. The molecule has 2 N–H and O–H groups in total. The highest BCUT2D eigenvalue weighted by Crippen LogP contribution is 2.12. The van der Waals surface area contributed by atoms with E-state index in [4.69, 9.17) is 5.11 Å². The first-order chi connectivity index (χ1) is 13.0. The molecule has 0 bridgehead atoms. The minimum atomic E-state index is 0. The number of halogens is 1. The van der Waals surface area contributed by atoms with Gasteiger partial charge in [0.15, 0.2) is 0 Å². The van der Waals surface area contributed by atoms with E-state index in [0.29, 0.717) is 6.42 Å². The summed E-state index contributed by atoms with van der Waals surface area (Å²) < 4.78 is 0.811. The summed E-state index contributed by atoms with van der Waals surface area (Å²) in [7, 11) is 4.23. The van der Waals surface area contributed by atoms with Gasteiger partial charge in [0.2, 0.25) is 5.91 Å². The Morgan fingerprint density at radius 3 is 1.68 bits per heavy atom. The van der Waals surface area contributed by atoms with Crippen LogP contribution in [-0.4, -0.2) is 55.8 Å². The fourth-order valence-corrected chi connectivity index (χ4v) is 3.51. The molecule has 0 aliphatic carbocycles. The van der Waals surface area contributed by atoms with Gasteiger partial charge in [0.1, 0.15) is 6.54 Å². The van der Waals surface area contributed by atoms with E-state index in [0.717, 1.165) is 37.0 Å². The number of aliphatic hydroxyl groups excluding tert-OH is 1. The van der Waals surface area contributed by atoms with Crippen LogP contribution in [-0.2, 0) is 4.79 Å². The van der Waals surface area contributed by atoms with Crippen molar-refractivity contribution >= 4 is 5.91 Å². The molecule has 0 aromatic heterocycles. The number of likely N-dealkylation sites (N-methyl/N-ethyl adjacent to an activating group) is 1.